The second-order valence-corrected chi connectivity index (χ2v) is 6.12. The highest BCUT2D eigenvalue weighted by molar-refractivity contribution is 5.97. The summed E-state index contributed by atoms with van der Waals surface area (Å²) in [7, 11) is 0. The molecule has 0 spiro atoms. The SMILES string of the molecule is Cc1ccc(-c2noc(CN3C(=O)COc4cc(C)ccc43)n2)cc1. The molecule has 0 saturated carbocycles. The molecule has 0 bridgehead atoms. The summed E-state index contributed by atoms with van der Waals surface area (Å²) in [5.41, 5.74) is 3.84. The van der Waals surface area contributed by atoms with Crippen LogP contribution in [0.2, 0.25) is 0 Å². The first-order valence-electron chi connectivity index (χ1n) is 8.03. The van der Waals surface area contributed by atoms with Crippen molar-refractivity contribution in [2.24, 2.45) is 0 Å². The van der Waals surface area contributed by atoms with E-state index in [9.17, 15) is 4.79 Å². The standard InChI is InChI=1S/C19H17N3O3/c1-12-3-6-14(7-4-12)19-20-17(25-21-19)10-22-15-8-5-13(2)9-16(15)24-11-18(22)23/h3-9H,10-11H2,1-2H3. The normalized spacial score (nSPS) is 13.5. The first kappa shape index (κ1) is 15.4. The molecule has 0 N–H and O–H groups in total. The van der Waals surface area contributed by atoms with Crippen LogP contribution in [0.5, 0.6) is 5.75 Å². The molecule has 2 heterocycles. The van der Waals surface area contributed by atoms with Gasteiger partial charge in [0, 0.05) is 5.56 Å². The number of hydrogen-bond acceptors (Lipinski definition) is 5. The molecule has 0 aliphatic carbocycles. The van der Waals surface area contributed by atoms with Crippen LogP contribution in [-0.4, -0.2) is 22.7 Å². The van der Waals surface area contributed by atoms with E-state index in [-0.39, 0.29) is 19.1 Å². The number of aromatic nitrogens is 2. The van der Waals surface area contributed by atoms with Gasteiger partial charge in [-0.05, 0) is 31.5 Å². The Kier molecular flexibility index (Phi) is 3.72. The van der Waals surface area contributed by atoms with Gasteiger partial charge in [-0.1, -0.05) is 41.1 Å². The van der Waals surface area contributed by atoms with E-state index < -0.39 is 0 Å². The van der Waals surface area contributed by atoms with Crippen LogP contribution in [-0.2, 0) is 11.3 Å². The quantitative estimate of drug-likeness (QED) is 0.735. The number of anilines is 1. The summed E-state index contributed by atoms with van der Waals surface area (Å²) in [4.78, 5) is 18.3. The van der Waals surface area contributed by atoms with Crippen LogP contribution in [0.4, 0.5) is 5.69 Å². The number of nitrogens with zero attached hydrogens (tertiary/aromatic N) is 3. The summed E-state index contributed by atoms with van der Waals surface area (Å²) in [5, 5.41) is 4.02. The van der Waals surface area contributed by atoms with Crippen molar-refractivity contribution in [1.29, 1.82) is 0 Å². The zero-order valence-corrected chi connectivity index (χ0v) is 14.0. The zero-order valence-electron chi connectivity index (χ0n) is 14.0. The summed E-state index contributed by atoms with van der Waals surface area (Å²) in [6, 6.07) is 13.6. The Labute approximate surface area is 145 Å². The molecule has 2 aromatic carbocycles. The first-order chi connectivity index (χ1) is 12.1. The molecule has 3 aromatic rings. The summed E-state index contributed by atoms with van der Waals surface area (Å²) in [6.07, 6.45) is 0. The van der Waals surface area contributed by atoms with E-state index in [1.807, 2.05) is 56.3 Å². The van der Waals surface area contributed by atoms with Gasteiger partial charge in [-0.25, -0.2) is 0 Å². The van der Waals surface area contributed by atoms with Gasteiger partial charge in [0.2, 0.25) is 11.7 Å². The Balaban J connectivity index is 1.60. The van der Waals surface area contributed by atoms with Crippen molar-refractivity contribution in [3.63, 3.8) is 0 Å². The van der Waals surface area contributed by atoms with E-state index in [4.69, 9.17) is 9.26 Å². The van der Waals surface area contributed by atoms with Crippen LogP contribution in [0.1, 0.15) is 17.0 Å². The molecule has 1 aromatic heterocycles. The minimum absolute atomic E-state index is 0.00934. The van der Waals surface area contributed by atoms with Crippen molar-refractivity contribution in [3.8, 4) is 17.1 Å². The highest BCUT2D eigenvalue weighted by Gasteiger charge is 2.27. The van der Waals surface area contributed by atoms with Gasteiger partial charge in [0.05, 0.1) is 5.69 Å². The molecule has 1 amide bonds. The molecular weight excluding hydrogens is 318 g/mol. The fourth-order valence-electron chi connectivity index (χ4n) is 2.76. The summed E-state index contributed by atoms with van der Waals surface area (Å²) in [6.45, 7) is 4.23. The average Bonchev–Trinajstić information content (AvgIpc) is 3.07. The molecule has 0 fully saturated rings. The van der Waals surface area contributed by atoms with Crippen molar-refractivity contribution < 1.29 is 14.1 Å². The lowest BCUT2D eigenvalue weighted by atomic mass is 10.1. The number of ether oxygens (including phenoxy) is 1. The van der Waals surface area contributed by atoms with Gasteiger partial charge < -0.3 is 9.26 Å². The van der Waals surface area contributed by atoms with Crippen LogP contribution in [0.25, 0.3) is 11.4 Å². The third kappa shape index (κ3) is 2.98. The van der Waals surface area contributed by atoms with Crippen molar-refractivity contribution >= 4 is 11.6 Å². The number of aryl methyl sites for hydroxylation is 2. The molecule has 0 radical (unpaired) electrons. The molecule has 0 atom stereocenters. The van der Waals surface area contributed by atoms with Crippen LogP contribution in [0, 0.1) is 13.8 Å². The van der Waals surface area contributed by atoms with Crippen LogP contribution in [0.3, 0.4) is 0 Å². The molecular formula is C19H17N3O3. The Bertz CT molecular complexity index is 931. The van der Waals surface area contributed by atoms with Crippen molar-refractivity contribution in [3.05, 3.63) is 59.5 Å². The number of benzene rings is 2. The molecule has 0 unspecified atom stereocenters. The number of fused-ring (bicyclic) bond motifs is 1. The largest absolute Gasteiger partial charge is 0.482 e. The van der Waals surface area contributed by atoms with Gasteiger partial charge in [-0.3, -0.25) is 9.69 Å². The number of carbonyl (C=O) groups is 1. The van der Waals surface area contributed by atoms with Crippen molar-refractivity contribution in [1.82, 2.24) is 10.1 Å². The number of amides is 1. The Morgan fingerprint density at radius 1 is 1.08 bits per heavy atom. The number of hydrogen-bond donors (Lipinski definition) is 0. The van der Waals surface area contributed by atoms with Crippen molar-refractivity contribution in [2.45, 2.75) is 20.4 Å². The second-order valence-electron chi connectivity index (χ2n) is 6.12. The average molecular weight is 335 g/mol. The monoisotopic (exact) mass is 335 g/mol. The van der Waals surface area contributed by atoms with Gasteiger partial charge in [-0.2, -0.15) is 4.98 Å². The van der Waals surface area contributed by atoms with Crippen LogP contribution < -0.4 is 9.64 Å². The van der Waals surface area contributed by atoms with Gasteiger partial charge in [-0.15, -0.1) is 0 Å². The predicted molar refractivity (Wildman–Crippen MR) is 92.3 cm³/mol. The van der Waals surface area contributed by atoms with E-state index in [0.29, 0.717) is 17.5 Å². The highest BCUT2D eigenvalue weighted by atomic mass is 16.5. The number of rotatable bonds is 3. The Morgan fingerprint density at radius 3 is 2.64 bits per heavy atom. The lowest BCUT2D eigenvalue weighted by Gasteiger charge is -2.28. The first-order valence-corrected chi connectivity index (χ1v) is 8.03. The van der Waals surface area contributed by atoms with E-state index >= 15 is 0 Å². The summed E-state index contributed by atoms with van der Waals surface area (Å²) >= 11 is 0. The van der Waals surface area contributed by atoms with E-state index in [2.05, 4.69) is 10.1 Å². The maximum atomic E-state index is 12.3. The lowest BCUT2D eigenvalue weighted by molar-refractivity contribution is -0.121. The highest BCUT2D eigenvalue weighted by Crippen LogP contribution is 2.33. The molecule has 1 aliphatic rings. The third-order valence-electron chi connectivity index (χ3n) is 4.13. The molecule has 6 nitrogen and oxygen atoms in total. The third-order valence-corrected chi connectivity index (χ3v) is 4.13. The Morgan fingerprint density at radius 2 is 1.84 bits per heavy atom. The van der Waals surface area contributed by atoms with Crippen molar-refractivity contribution in [2.75, 3.05) is 11.5 Å². The molecule has 4 rings (SSSR count). The summed E-state index contributed by atoms with van der Waals surface area (Å²) in [5.74, 6) is 1.46. The van der Waals surface area contributed by atoms with Crippen LogP contribution >= 0.6 is 0 Å². The molecule has 25 heavy (non-hydrogen) atoms. The smallest absolute Gasteiger partial charge is 0.265 e. The lowest BCUT2D eigenvalue weighted by Crippen LogP contribution is -2.38. The predicted octanol–water partition coefficient (Wildman–Crippen LogP) is 3.28. The maximum Gasteiger partial charge on any atom is 0.265 e. The molecule has 0 saturated heterocycles. The summed E-state index contributed by atoms with van der Waals surface area (Å²) < 4.78 is 10.9. The van der Waals surface area contributed by atoms with E-state index in [1.165, 1.54) is 5.56 Å². The second kappa shape index (κ2) is 6.05. The van der Waals surface area contributed by atoms with Gasteiger partial charge >= 0.3 is 0 Å². The maximum absolute atomic E-state index is 12.3. The van der Waals surface area contributed by atoms with Gasteiger partial charge in [0.1, 0.15) is 12.3 Å². The van der Waals surface area contributed by atoms with Gasteiger partial charge in [0.15, 0.2) is 6.61 Å². The fourth-order valence-corrected chi connectivity index (χ4v) is 2.76. The molecule has 126 valence electrons. The molecule has 6 heteroatoms. The van der Waals surface area contributed by atoms with E-state index in [1.54, 1.807) is 4.90 Å². The number of carbonyl (C=O) groups excluding carboxylic acids is 1. The topological polar surface area (TPSA) is 68.5 Å². The molecule has 1 aliphatic heterocycles. The minimum atomic E-state index is -0.133. The van der Waals surface area contributed by atoms with Crippen LogP contribution in [0.15, 0.2) is 47.0 Å². The van der Waals surface area contributed by atoms with E-state index in [0.717, 1.165) is 16.8 Å². The zero-order chi connectivity index (χ0) is 17.4. The fraction of sp³-hybridized carbons (Fsp3) is 0.211. The Hall–Kier alpha value is -3.15. The van der Waals surface area contributed by atoms with Gasteiger partial charge in [0.25, 0.3) is 5.91 Å². The minimum Gasteiger partial charge on any atom is -0.482 e.